The summed E-state index contributed by atoms with van der Waals surface area (Å²) in [7, 11) is 0. The van der Waals surface area contributed by atoms with Crippen molar-refractivity contribution in [3.05, 3.63) is 64.3 Å². The van der Waals surface area contributed by atoms with Crippen LogP contribution in [0.15, 0.2) is 36.4 Å². The van der Waals surface area contributed by atoms with Crippen LogP contribution in [-0.4, -0.2) is 53.5 Å². The van der Waals surface area contributed by atoms with Crippen LogP contribution >= 0.6 is 0 Å². The average molecular weight is 418 g/mol. The molecule has 3 N–H and O–H groups in total. The fourth-order valence-electron chi connectivity index (χ4n) is 4.82. The van der Waals surface area contributed by atoms with Crippen molar-refractivity contribution in [3.8, 4) is 11.8 Å². The van der Waals surface area contributed by atoms with E-state index in [9.17, 15) is 15.2 Å². The van der Waals surface area contributed by atoms with Gasteiger partial charge < -0.3 is 24.7 Å². The number of hydrogen-bond donors (Lipinski definition) is 3. The third-order valence-corrected chi connectivity index (χ3v) is 6.38. The number of hydrogen-bond acceptors (Lipinski definition) is 6. The number of nitriles is 1. The van der Waals surface area contributed by atoms with Gasteiger partial charge >= 0.3 is 0 Å². The predicted molar refractivity (Wildman–Crippen MR) is 112 cm³/mol. The Kier molecular flexibility index (Phi) is 4.78. The zero-order valence-corrected chi connectivity index (χ0v) is 16.9. The predicted octanol–water partition coefficient (Wildman–Crippen LogP) is 2.41. The molecule has 2 aromatic carbocycles. The summed E-state index contributed by atoms with van der Waals surface area (Å²) in [6, 6.07) is 12.9. The first-order chi connectivity index (χ1) is 15.1. The highest BCUT2D eigenvalue weighted by Crippen LogP contribution is 2.50. The Labute approximate surface area is 178 Å². The van der Waals surface area contributed by atoms with Gasteiger partial charge in [-0.05, 0) is 48.7 Å². The normalized spacial score (nSPS) is 17.8. The molecule has 7 heteroatoms. The zero-order chi connectivity index (χ0) is 21.6. The lowest BCUT2D eigenvalue weighted by Gasteiger charge is -2.41. The van der Waals surface area contributed by atoms with Crippen molar-refractivity contribution in [1.82, 2.24) is 4.98 Å². The summed E-state index contributed by atoms with van der Waals surface area (Å²) in [4.78, 5) is 17.0. The number of nitrogens with one attached hydrogen (secondary N) is 1. The van der Waals surface area contributed by atoms with Gasteiger partial charge in [-0.1, -0.05) is 6.07 Å². The van der Waals surface area contributed by atoms with Crippen LogP contribution in [0.3, 0.4) is 0 Å². The minimum atomic E-state index is -0.968. The highest BCUT2D eigenvalue weighted by molar-refractivity contribution is 6.20. The van der Waals surface area contributed by atoms with Gasteiger partial charge in [0.2, 0.25) is 0 Å². The van der Waals surface area contributed by atoms with E-state index >= 15 is 0 Å². The minimum absolute atomic E-state index is 0.0338. The number of carbonyl (C=O) groups excluding carboxylic acids is 1. The molecule has 158 valence electrons. The molecule has 1 aromatic heterocycles. The average Bonchev–Trinajstić information content (AvgIpc) is 3.21. The minimum Gasteiger partial charge on any atom is -0.491 e. The Morgan fingerprint density at radius 2 is 2.03 bits per heavy atom. The molecule has 1 aliphatic heterocycles. The van der Waals surface area contributed by atoms with Crippen molar-refractivity contribution in [3.63, 3.8) is 0 Å². The largest absolute Gasteiger partial charge is 0.491 e. The van der Waals surface area contributed by atoms with Gasteiger partial charge in [-0.15, -0.1) is 0 Å². The first-order valence-electron chi connectivity index (χ1n) is 10.3. The number of aliphatic hydroxyl groups excluding tert-OH is 2. The molecule has 31 heavy (non-hydrogen) atoms. The molecule has 1 saturated heterocycles. The molecule has 2 heterocycles. The zero-order valence-electron chi connectivity index (χ0n) is 16.9. The van der Waals surface area contributed by atoms with Crippen LogP contribution in [0.25, 0.3) is 10.9 Å². The number of aliphatic hydroxyl groups is 2. The van der Waals surface area contributed by atoms with Crippen molar-refractivity contribution >= 4 is 16.7 Å². The number of aromatic amines is 1. The smallest absolute Gasteiger partial charge is 0.195 e. The van der Waals surface area contributed by atoms with Crippen molar-refractivity contribution in [1.29, 1.82) is 5.26 Å². The lowest BCUT2D eigenvalue weighted by atomic mass is 9.64. The number of rotatable bonds is 4. The number of fused-ring (bicyclic) bond motifs is 6. The van der Waals surface area contributed by atoms with Crippen LogP contribution in [0.4, 0.5) is 0 Å². The van der Waals surface area contributed by atoms with Crippen LogP contribution in [0.2, 0.25) is 0 Å². The third-order valence-electron chi connectivity index (χ3n) is 6.38. The van der Waals surface area contributed by atoms with Crippen LogP contribution < -0.4 is 4.74 Å². The Morgan fingerprint density at radius 3 is 2.77 bits per heavy atom. The van der Waals surface area contributed by atoms with Crippen molar-refractivity contribution < 1.29 is 24.5 Å². The molecule has 1 aliphatic carbocycles. The molecule has 2 aliphatic rings. The molecular weight excluding hydrogens is 396 g/mol. The fourth-order valence-corrected chi connectivity index (χ4v) is 4.82. The Morgan fingerprint density at radius 1 is 1.23 bits per heavy atom. The summed E-state index contributed by atoms with van der Waals surface area (Å²) in [5.41, 5.74) is 3.93. The summed E-state index contributed by atoms with van der Waals surface area (Å²) in [5.74, 6) is 0.483. The van der Waals surface area contributed by atoms with E-state index in [1.807, 2.05) is 12.1 Å². The van der Waals surface area contributed by atoms with E-state index in [1.165, 1.54) is 0 Å². The summed E-state index contributed by atoms with van der Waals surface area (Å²) in [6.07, 6.45) is 0.450. The van der Waals surface area contributed by atoms with E-state index in [0.29, 0.717) is 48.5 Å². The summed E-state index contributed by atoms with van der Waals surface area (Å²) in [5, 5.41) is 28.8. The Hall–Kier alpha value is -3.18. The van der Waals surface area contributed by atoms with Crippen molar-refractivity contribution in [2.24, 2.45) is 0 Å². The van der Waals surface area contributed by atoms with Gasteiger partial charge in [0.05, 0.1) is 23.8 Å². The Bertz CT molecular complexity index is 1220. The van der Waals surface area contributed by atoms with E-state index in [0.717, 1.165) is 22.2 Å². The first-order valence-corrected chi connectivity index (χ1v) is 10.3. The summed E-state index contributed by atoms with van der Waals surface area (Å²) < 4.78 is 11.3. The summed E-state index contributed by atoms with van der Waals surface area (Å²) >= 11 is 0. The second-order valence-corrected chi connectivity index (χ2v) is 8.13. The van der Waals surface area contributed by atoms with Gasteiger partial charge in [0.25, 0.3) is 0 Å². The third kappa shape index (κ3) is 3.03. The molecule has 1 spiro atoms. The number of aromatic nitrogens is 1. The topological polar surface area (TPSA) is 116 Å². The molecular formula is C24H22N2O5. The SMILES string of the molecule is N#Cc1ccc2c3c([nH]c2c1)C1(CCOCC1)c1cc(OC[C@H](O)CO)ccc1C3=O. The summed E-state index contributed by atoms with van der Waals surface area (Å²) in [6.45, 7) is 0.724. The van der Waals surface area contributed by atoms with Crippen LogP contribution in [-0.2, 0) is 10.2 Å². The maximum absolute atomic E-state index is 13.6. The molecule has 3 aromatic rings. The molecule has 7 nitrogen and oxygen atoms in total. The van der Waals surface area contributed by atoms with Crippen LogP contribution in [0, 0.1) is 11.3 Å². The number of H-pyrrole nitrogens is 1. The molecule has 0 radical (unpaired) electrons. The lowest BCUT2D eigenvalue weighted by Crippen LogP contribution is -2.40. The second-order valence-electron chi connectivity index (χ2n) is 8.13. The molecule has 0 bridgehead atoms. The molecule has 5 rings (SSSR count). The van der Waals surface area contributed by atoms with Crippen molar-refractivity contribution in [2.45, 2.75) is 24.4 Å². The van der Waals surface area contributed by atoms with Gasteiger partial charge in [-0.2, -0.15) is 5.26 Å². The molecule has 0 unspecified atom stereocenters. The Balaban J connectivity index is 1.69. The van der Waals surface area contributed by atoms with Gasteiger partial charge in [0.15, 0.2) is 5.78 Å². The number of carbonyl (C=O) groups is 1. The van der Waals surface area contributed by atoms with E-state index in [-0.39, 0.29) is 19.0 Å². The maximum Gasteiger partial charge on any atom is 0.195 e. The highest BCUT2D eigenvalue weighted by atomic mass is 16.5. The van der Waals surface area contributed by atoms with Gasteiger partial charge in [0, 0.05) is 40.8 Å². The molecule has 1 atom stereocenters. The van der Waals surface area contributed by atoms with Crippen LogP contribution in [0.1, 0.15) is 45.6 Å². The standard InChI is InChI=1S/C24H22N2O5/c25-11-14-1-3-18-20(9-14)26-23-21(18)22(29)17-4-2-16(31-13-15(28)12-27)10-19(17)24(23)5-7-30-8-6-24/h1-4,9-10,15,26-28H,5-8,12-13H2/t15-/m1/s1. The second kappa shape index (κ2) is 7.50. The quantitative estimate of drug-likeness (QED) is 0.599. The lowest BCUT2D eigenvalue weighted by molar-refractivity contribution is 0.0529. The molecule has 0 saturated carbocycles. The first kappa shape index (κ1) is 19.8. The number of benzene rings is 2. The van der Waals surface area contributed by atoms with Gasteiger partial charge in [-0.25, -0.2) is 0 Å². The van der Waals surface area contributed by atoms with E-state index < -0.39 is 11.5 Å². The molecule has 1 fully saturated rings. The van der Waals surface area contributed by atoms with Gasteiger partial charge in [-0.3, -0.25) is 4.79 Å². The van der Waals surface area contributed by atoms with E-state index in [4.69, 9.17) is 14.6 Å². The van der Waals surface area contributed by atoms with Crippen LogP contribution in [0.5, 0.6) is 5.75 Å². The van der Waals surface area contributed by atoms with Gasteiger partial charge in [0.1, 0.15) is 18.5 Å². The van der Waals surface area contributed by atoms with E-state index in [2.05, 4.69) is 11.1 Å². The van der Waals surface area contributed by atoms with Crippen molar-refractivity contribution in [2.75, 3.05) is 26.4 Å². The number of ketones is 1. The number of ether oxygens (including phenoxy) is 2. The number of nitrogens with zero attached hydrogens (tertiary/aromatic N) is 1. The maximum atomic E-state index is 13.6. The van der Waals surface area contributed by atoms with E-state index in [1.54, 1.807) is 24.3 Å². The molecule has 0 amide bonds. The monoisotopic (exact) mass is 418 g/mol. The fraction of sp³-hybridized carbons (Fsp3) is 0.333. The highest BCUT2D eigenvalue weighted by Gasteiger charge is 2.47.